The summed E-state index contributed by atoms with van der Waals surface area (Å²) in [7, 11) is 1.60. The van der Waals surface area contributed by atoms with Crippen LogP contribution in [-0.2, 0) is 22.5 Å². The lowest BCUT2D eigenvalue weighted by Gasteiger charge is -2.34. The van der Waals surface area contributed by atoms with Crippen LogP contribution < -0.4 is 4.74 Å². The molecule has 0 fully saturated rings. The molecule has 0 aliphatic carbocycles. The Balaban J connectivity index is 1.78. The van der Waals surface area contributed by atoms with E-state index in [1.54, 1.807) is 31.4 Å². The highest BCUT2D eigenvalue weighted by Crippen LogP contribution is 2.25. The smallest absolute Gasteiger partial charge is 0.326 e. The number of benzene rings is 2. The van der Waals surface area contributed by atoms with E-state index in [0.29, 0.717) is 30.9 Å². The van der Waals surface area contributed by atoms with Crippen molar-refractivity contribution < 1.29 is 24.2 Å². The molecule has 1 N–H and O–H groups in total. The van der Waals surface area contributed by atoms with Crippen LogP contribution in [0.4, 0.5) is 0 Å². The molecular weight excluding hydrogens is 334 g/mol. The van der Waals surface area contributed by atoms with Gasteiger partial charge in [0.1, 0.15) is 18.4 Å². The summed E-state index contributed by atoms with van der Waals surface area (Å²) in [5.41, 5.74) is 2.40. The van der Waals surface area contributed by atoms with E-state index in [0.717, 1.165) is 11.1 Å². The lowest BCUT2D eigenvalue weighted by Crippen LogP contribution is -2.48. The van der Waals surface area contributed by atoms with Crippen LogP contribution in [0.3, 0.4) is 0 Å². The molecule has 1 atom stereocenters. The number of ether oxygens (including phenoxy) is 2. The normalized spacial score (nSPS) is 16.0. The predicted molar refractivity (Wildman–Crippen MR) is 95.3 cm³/mol. The fourth-order valence-electron chi connectivity index (χ4n) is 3.06. The second-order valence-electron chi connectivity index (χ2n) is 6.13. The van der Waals surface area contributed by atoms with Crippen molar-refractivity contribution in [2.45, 2.75) is 19.0 Å². The molecule has 26 heavy (non-hydrogen) atoms. The molecule has 6 heteroatoms. The number of carbonyl (C=O) groups excluding carboxylic acids is 1. The van der Waals surface area contributed by atoms with Crippen molar-refractivity contribution >= 4 is 11.9 Å². The SMILES string of the molecule is COCCOc1ccc(C(=O)N2Cc3ccccc3C[C@@H]2C(=O)O)cc1. The average Bonchev–Trinajstić information content (AvgIpc) is 2.67. The number of methoxy groups -OCH3 is 1. The van der Waals surface area contributed by atoms with E-state index in [9.17, 15) is 14.7 Å². The first-order valence-corrected chi connectivity index (χ1v) is 8.42. The first kappa shape index (κ1) is 17.9. The van der Waals surface area contributed by atoms with Gasteiger partial charge < -0.3 is 19.5 Å². The van der Waals surface area contributed by atoms with E-state index < -0.39 is 12.0 Å². The summed E-state index contributed by atoms with van der Waals surface area (Å²) in [6, 6.07) is 13.5. The summed E-state index contributed by atoms with van der Waals surface area (Å²) >= 11 is 0. The summed E-state index contributed by atoms with van der Waals surface area (Å²) in [4.78, 5) is 26.0. The molecule has 3 rings (SSSR count). The van der Waals surface area contributed by atoms with Crippen molar-refractivity contribution in [2.24, 2.45) is 0 Å². The van der Waals surface area contributed by atoms with Crippen LogP contribution >= 0.6 is 0 Å². The highest BCUT2D eigenvalue weighted by Gasteiger charge is 2.34. The summed E-state index contributed by atoms with van der Waals surface area (Å²) in [6.07, 6.45) is 0.315. The molecule has 0 radical (unpaired) electrons. The Morgan fingerprint density at radius 2 is 1.77 bits per heavy atom. The summed E-state index contributed by atoms with van der Waals surface area (Å²) in [5.74, 6) is -0.653. The molecule has 0 unspecified atom stereocenters. The molecular formula is C20H21NO5. The number of rotatable bonds is 6. The number of fused-ring (bicyclic) bond motifs is 1. The second-order valence-corrected chi connectivity index (χ2v) is 6.13. The maximum Gasteiger partial charge on any atom is 0.326 e. The lowest BCUT2D eigenvalue weighted by atomic mass is 9.93. The number of carbonyl (C=O) groups is 2. The van der Waals surface area contributed by atoms with Crippen LogP contribution in [0.25, 0.3) is 0 Å². The molecule has 6 nitrogen and oxygen atoms in total. The Labute approximate surface area is 152 Å². The molecule has 0 aromatic heterocycles. The van der Waals surface area contributed by atoms with Crippen LogP contribution in [-0.4, -0.2) is 48.2 Å². The van der Waals surface area contributed by atoms with Gasteiger partial charge in [-0.2, -0.15) is 0 Å². The van der Waals surface area contributed by atoms with E-state index >= 15 is 0 Å². The molecule has 2 aromatic rings. The Morgan fingerprint density at radius 3 is 2.42 bits per heavy atom. The van der Waals surface area contributed by atoms with Gasteiger partial charge >= 0.3 is 5.97 Å². The van der Waals surface area contributed by atoms with Crippen LogP contribution in [0, 0.1) is 0 Å². The Hall–Kier alpha value is -2.86. The van der Waals surface area contributed by atoms with Crippen molar-refractivity contribution in [3.63, 3.8) is 0 Å². The van der Waals surface area contributed by atoms with Crippen LogP contribution in [0.5, 0.6) is 5.75 Å². The number of hydrogen-bond acceptors (Lipinski definition) is 4. The molecule has 0 saturated heterocycles. The van der Waals surface area contributed by atoms with Crippen LogP contribution in [0.2, 0.25) is 0 Å². The van der Waals surface area contributed by atoms with Crippen LogP contribution in [0.15, 0.2) is 48.5 Å². The Bertz CT molecular complexity index is 787. The van der Waals surface area contributed by atoms with E-state index in [4.69, 9.17) is 9.47 Å². The van der Waals surface area contributed by atoms with Gasteiger partial charge in [0.25, 0.3) is 5.91 Å². The topological polar surface area (TPSA) is 76.1 Å². The van der Waals surface area contributed by atoms with Gasteiger partial charge in [-0.25, -0.2) is 4.79 Å². The van der Waals surface area contributed by atoms with Crippen molar-refractivity contribution in [1.82, 2.24) is 4.90 Å². The number of nitrogens with zero attached hydrogens (tertiary/aromatic N) is 1. The van der Waals surface area contributed by atoms with E-state index in [1.807, 2.05) is 24.3 Å². The Kier molecular flexibility index (Phi) is 5.53. The van der Waals surface area contributed by atoms with Crippen molar-refractivity contribution in [3.05, 3.63) is 65.2 Å². The zero-order valence-electron chi connectivity index (χ0n) is 14.6. The zero-order valence-corrected chi connectivity index (χ0v) is 14.6. The summed E-state index contributed by atoms with van der Waals surface area (Å²) in [5, 5.41) is 9.57. The van der Waals surface area contributed by atoms with E-state index in [2.05, 4.69) is 0 Å². The average molecular weight is 355 g/mol. The van der Waals surface area contributed by atoms with Gasteiger partial charge in [-0.3, -0.25) is 4.79 Å². The Morgan fingerprint density at radius 1 is 1.08 bits per heavy atom. The zero-order chi connectivity index (χ0) is 18.5. The van der Waals surface area contributed by atoms with Gasteiger partial charge in [-0.1, -0.05) is 24.3 Å². The fraction of sp³-hybridized carbons (Fsp3) is 0.300. The first-order chi connectivity index (χ1) is 12.6. The van der Waals surface area contributed by atoms with E-state index in [-0.39, 0.29) is 12.5 Å². The quantitative estimate of drug-likeness (QED) is 0.805. The summed E-state index contributed by atoms with van der Waals surface area (Å²) in [6.45, 7) is 1.19. The second kappa shape index (κ2) is 8.01. The standard InChI is InChI=1S/C20H21NO5/c1-25-10-11-26-17-8-6-14(7-9-17)19(22)21-13-16-5-3-2-4-15(16)12-18(21)20(23)24/h2-9,18H,10-13H2,1H3,(H,23,24)/t18-/m1/s1. The lowest BCUT2D eigenvalue weighted by molar-refractivity contribution is -0.142. The van der Waals surface area contributed by atoms with Gasteiger partial charge in [0.15, 0.2) is 0 Å². The number of amides is 1. The van der Waals surface area contributed by atoms with E-state index in [1.165, 1.54) is 4.90 Å². The maximum atomic E-state index is 12.9. The first-order valence-electron chi connectivity index (χ1n) is 8.42. The number of carboxylic acid groups (broad SMARTS) is 1. The third-order valence-electron chi connectivity index (χ3n) is 4.45. The third kappa shape index (κ3) is 3.86. The highest BCUT2D eigenvalue weighted by molar-refractivity contribution is 5.97. The summed E-state index contributed by atoms with van der Waals surface area (Å²) < 4.78 is 10.4. The van der Waals surface area contributed by atoms with Gasteiger partial charge in [0, 0.05) is 25.6 Å². The molecule has 2 aromatic carbocycles. The third-order valence-corrected chi connectivity index (χ3v) is 4.45. The van der Waals surface area contributed by atoms with Gasteiger partial charge in [-0.05, 0) is 35.4 Å². The molecule has 136 valence electrons. The van der Waals surface area contributed by atoms with Gasteiger partial charge in [0.2, 0.25) is 0 Å². The van der Waals surface area contributed by atoms with Crippen LogP contribution in [0.1, 0.15) is 21.5 Å². The van der Waals surface area contributed by atoms with Crippen molar-refractivity contribution in [3.8, 4) is 5.75 Å². The molecule has 1 amide bonds. The largest absolute Gasteiger partial charge is 0.491 e. The fourth-order valence-corrected chi connectivity index (χ4v) is 3.06. The van der Waals surface area contributed by atoms with Gasteiger partial charge in [0.05, 0.1) is 6.61 Å². The molecule has 1 aliphatic heterocycles. The maximum absolute atomic E-state index is 12.9. The predicted octanol–water partition coefficient (Wildman–Crippen LogP) is 2.36. The minimum atomic E-state index is -0.993. The monoisotopic (exact) mass is 355 g/mol. The van der Waals surface area contributed by atoms with Crippen molar-refractivity contribution in [2.75, 3.05) is 20.3 Å². The van der Waals surface area contributed by atoms with Crippen molar-refractivity contribution in [1.29, 1.82) is 0 Å². The minimum Gasteiger partial charge on any atom is -0.491 e. The number of carboxylic acids is 1. The molecule has 0 bridgehead atoms. The molecule has 0 spiro atoms. The number of hydrogen-bond donors (Lipinski definition) is 1. The minimum absolute atomic E-state index is 0.290. The highest BCUT2D eigenvalue weighted by atomic mass is 16.5. The molecule has 1 heterocycles. The molecule has 0 saturated carbocycles. The molecule has 1 aliphatic rings. The van der Waals surface area contributed by atoms with Gasteiger partial charge in [-0.15, -0.1) is 0 Å². The number of aliphatic carboxylic acids is 1.